The smallest absolute Gasteiger partial charge is 0.253 e. The maximum Gasteiger partial charge on any atom is 0.253 e. The molecule has 0 fully saturated rings. The Balaban J connectivity index is 2.05. The quantitative estimate of drug-likeness (QED) is 0.845. The topological polar surface area (TPSA) is 49.3 Å². The summed E-state index contributed by atoms with van der Waals surface area (Å²) in [5, 5.41) is 13.4. The Morgan fingerprint density at radius 1 is 1.10 bits per heavy atom. The number of hydrogen-bond acceptors (Lipinski definition) is 2. The van der Waals surface area contributed by atoms with E-state index in [1.807, 2.05) is 6.07 Å². The molecule has 102 valence electrons. The summed E-state index contributed by atoms with van der Waals surface area (Å²) in [7, 11) is 0. The molecule has 0 aliphatic heterocycles. The van der Waals surface area contributed by atoms with Crippen molar-refractivity contribution in [3.63, 3.8) is 0 Å². The molecule has 3 nitrogen and oxygen atoms in total. The third kappa shape index (κ3) is 3.47. The van der Waals surface area contributed by atoms with Crippen molar-refractivity contribution in [2.75, 3.05) is 5.32 Å². The fourth-order valence-corrected chi connectivity index (χ4v) is 1.83. The number of hydrogen-bond donors (Lipinski definition) is 2. The number of aliphatic hydroxyl groups is 1. The van der Waals surface area contributed by atoms with E-state index in [4.69, 9.17) is 11.6 Å². The van der Waals surface area contributed by atoms with E-state index in [0.717, 1.165) is 0 Å². The molecule has 1 amide bonds. The highest BCUT2D eigenvalue weighted by Crippen LogP contribution is 2.21. The molecule has 0 bridgehead atoms. The Hall–Kier alpha value is -2.10. The Morgan fingerprint density at radius 3 is 2.30 bits per heavy atom. The van der Waals surface area contributed by atoms with Crippen molar-refractivity contribution in [1.29, 1.82) is 0 Å². The number of carbonyl (C=O) groups excluding carboxylic acids is 1. The van der Waals surface area contributed by atoms with Gasteiger partial charge in [-0.2, -0.15) is 0 Å². The van der Waals surface area contributed by atoms with Crippen LogP contribution in [-0.2, 0) is 4.79 Å². The van der Waals surface area contributed by atoms with Gasteiger partial charge in [0, 0.05) is 16.3 Å². The zero-order chi connectivity index (χ0) is 14.5. The third-order valence-corrected chi connectivity index (χ3v) is 3.09. The Kier molecular flexibility index (Phi) is 4.56. The fraction of sp³-hybridized carbons (Fsp3) is 0.0625. The van der Waals surface area contributed by atoms with E-state index in [9.17, 15) is 9.90 Å². The molecule has 4 heteroatoms. The van der Waals surface area contributed by atoms with Gasteiger partial charge in [0.2, 0.25) is 0 Å². The maximum absolute atomic E-state index is 12.0. The maximum atomic E-state index is 12.0. The first-order chi connectivity index (χ1) is 9.58. The van der Waals surface area contributed by atoms with Gasteiger partial charge in [-0.05, 0) is 29.8 Å². The summed E-state index contributed by atoms with van der Waals surface area (Å²) < 4.78 is 0. The molecule has 1 atom stereocenters. The molecule has 0 spiro atoms. The minimum atomic E-state index is -1.02. The molecule has 2 aromatic carbocycles. The standard InChI is InChI=1S/C16H14ClNO2/c1-11(15(19)12-5-3-2-4-6-12)16(20)18-14-9-7-13(17)8-10-14/h2-10,15,19H,1H2,(H,18,20). The van der Waals surface area contributed by atoms with Gasteiger partial charge in [0.1, 0.15) is 6.10 Å². The van der Waals surface area contributed by atoms with Crippen LogP contribution in [0.15, 0.2) is 66.7 Å². The summed E-state index contributed by atoms with van der Waals surface area (Å²) in [5.74, 6) is -0.427. The molecule has 0 saturated carbocycles. The van der Waals surface area contributed by atoms with E-state index in [2.05, 4.69) is 11.9 Å². The zero-order valence-corrected chi connectivity index (χ0v) is 11.5. The molecule has 0 heterocycles. The van der Waals surface area contributed by atoms with Crippen LogP contribution in [0, 0.1) is 0 Å². The van der Waals surface area contributed by atoms with Gasteiger partial charge in [-0.1, -0.05) is 48.5 Å². The van der Waals surface area contributed by atoms with Crippen molar-refractivity contribution in [2.24, 2.45) is 0 Å². The van der Waals surface area contributed by atoms with Crippen LogP contribution in [0.25, 0.3) is 0 Å². The third-order valence-electron chi connectivity index (χ3n) is 2.84. The summed E-state index contributed by atoms with van der Waals surface area (Å²) >= 11 is 5.77. The van der Waals surface area contributed by atoms with Crippen molar-refractivity contribution in [3.8, 4) is 0 Å². The number of aliphatic hydroxyl groups excluding tert-OH is 1. The Bertz CT molecular complexity index is 608. The summed E-state index contributed by atoms with van der Waals surface area (Å²) in [5.41, 5.74) is 1.32. The average molecular weight is 288 g/mol. The first-order valence-electron chi connectivity index (χ1n) is 6.06. The van der Waals surface area contributed by atoms with Crippen LogP contribution >= 0.6 is 11.6 Å². The Morgan fingerprint density at radius 2 is 1.70 bits per heavy atom. The van der Waals surface area contributed by atoms with Gasteiger partial charge >= 0.3 is 0 Å². The van der Waals surface area contributed by atoms with Crippen LogP contribution < -0.4 is 5.32 Å². The normalized spacial score (nSPS) is 11.7. The molecular formula is C16H14ClNO2. The molecule has 0 aliphatic rings. The van der Waals surface area contributed by atoms with E-state index in [1.54, 1.807) is 48.5 Å². The lowest BCUT2D eigenvalue weighted by molar-refractivity contribution is -0.113. The van der Waals surface area contributed by atoms with Crippen molar-refractivity contribution in [3.05, 3.63) is 77.3 Å². The second-order valence-corrected chi connectivity index (χ2v) is 4.74. The van der Waals surface area contributed by atoms with Crippen LogP contribution in [0.3, 0.4) is 0 Å². The molecule has 0 aromatic heterocycles. The van der Waals surface area contributed by atoms with Crippen LogP contribution in [-0.4, -0.2) is 11.0 Å². The highest BCUT2D eigenvalue weighted by Gasteiger charge is 2.18. The van der Waals surface area contributed by atoms with Crippen LogP contribution in [0.2, 0.25) is 5.02 Å². The summed E-state index contributed by atoms with van der Waals surface area (Å²) in [6.45, 7) is 3.66. The second kappa shape index (κ2) is 6.37. The summed E-state index contributed by atoms with van der Waals surface area (Å²) in [4.78, 5) is 12.0. The van der Waals surface area contributed by atoms with E-state index in [-0.39, 0.29) is 5.57 Å². The monoisotopic (exact) mass is 287 g/mol. The lowest BCUT2D eigenvalue weighted by atomic mass is 10.0. The number of rotatable bonds is 4. The molecular weight excluding hydrogens is 274 g/mol. The van der Waals surface area contributed by atoms with Gasteiger partial charge in [0.25, 0.3) is 5.91 Å². The molecule has 2 rings (SSSR count). The number of anilines is 1. The molecule has 2 N–H and O–H groups in total. The van der Waals surface area contributed by atoms with Gasteiger partial charge in [0.05, 0.1) is 0 Å². The van der Waals surface area contributed by atoms with Crippen molar-refractivity contribution < 1.29 is 9.90 Å². The molecule has 1 unspecified atom stereocenters. The lowest BCUT2D eigenvalue weighted by Crippen LogP contribution is -2.18. The van der Waals surface area contributed by atoms with Crippen LogP contribution in [0.1, 0.15) is 11.7 Å². The van der Waals surface area contributed by atoms with E-state index >= 15 is 0 Å². The minimum Gasteiger partial charge on any atom is -0.383 e. The van der Waals surface area contributed by atoms with Crippen molar-refractivity contribution in [2.45, 2.75) is 6.10 Å². The highest BCUT2D eigenvalue weighted by atomic mass is 35.5. The largest absolute Gasteiger partial charge is 0.383 e. The SMILES string of the molecule is C=C(C(=O)Nc1ccc(Cl)cc1)C(O)c1ccccc1. The number of halogens is 1. The summed E-state index contributed by atoms with van der Waals surface area (Å²) in [6.07, 6.45) is -1.02. The van der Waals surface area contributed by atoms with Gasteiger partial charge in [0.15, 0.2) is 0 Å². The van der Waals surface area contributed by atoms with E-state index in [1.165, 1.54) is 0 Å². The molecule has 2 aromatic rings. The van der Waals surface area contributed by atoms with Crippen molar-refractivity contribution >= 4 is 23.2 Å². The minimum absolute atomic E-state index is 0.0890. The molecule has 0 saturated heterocycles. The second-order valence-electron chi connectivity index (χ2n) is 4.30. The highest BCUT2D eigenvalue weighted by molar-refractivity contribution is 6.30. The average Bonchev–Trinajstić information content (AvgIpc) is 2.49. The van der Waals surface area contributed by atoms with Gasteiger partial charge in [-0.3, -0.25) is 4.79 Å². The summed E-state index contributed by atoms with van der Waals surface area (Å²) in [6, 6.07) is 15.6. The zero-order valence-electron chi connectivity index (χ0n) is 10.7. The number of nitrogens with one attached hydrogen (secondary N) is 1. The number of benzene rings is 2. The first kappa shape index (κ1) is 14.3. The van der Waals surface area contributed by atoms with Gasteiger partial charge < -0.3 is 10.4 Å². The van der Waals surface area contributed by atoms with Crippen molar-refractivity contribution in [1.82, 2.24) is 0 Å². The van der Waals surface area contributed by atoms with E-state index < -0.39 is 12.0 Å². The van der Waals surface area contributed by atoms with Gasteiger partial charge in [-0.15, -0.1) is 0 Å². The van der Waals surface area contributed by atoms with E-state index in [0.29, 0.717) is 16.3 Å². The van der Waals surface area contributed by atoms with Crippen LogP contribution in [0.5, 0.6) is 0 Å². The predicted octanol–water partition coefficient (Wildman–Crippen LogP) is 3.57. The fourth-order valence-electron chi connectivity index (χ4n) is 1.71. The van der Waals surface area contributed by atoms with Gasteiger partial charge in [-0.25, -0.2) is 0 Å². The number of carbonyl (C=O) groups is 1. The van der Waals surface area contributed by atoms with Crippen LogP contribution in [0.4, 0.5) is 5.69 Å². The molecule has 20 heavy (non-hydrogen) atoms. The first-order valence-corrected chi connectivity index (χ1v) is 6.44. The number of amides is 1. The molecule has 0 radical (unpaired) electrons. The molecule has 0 aliphatic carbocycles. The predicted molar refractivity (Wildman–Crippen MR) is 80.6 cm³/mol. The lowest BCUT2D eigenvalue weighted by Gasteiger charge is -2.14. The Labute approximate surface area is 122 Å².